The van der Waals surface area contributed by atoms with Gasteiger partial charge < -0.3 is 10.4 Å². The van der Waals surface area contributed by atoms with Gasteiger partial charge in [-0.2, -0.15) is 0 Å². The van der Waals surface area contributed by atoms with Gasteiger partial charge in [0.1, 0.15) is 5.82 Å². The highest BCUT2D eigenvalue weighted by Gasteiger charge is 2.13. The first-order chi connectivity index (χ1) is 8.54. The quantitative estimate of drug-likeness (QED) is 0.747. The van der Waals surface area contributed by atoms with Crippen LogP contribution in [0.3, 0.4) is 0 Å². The predicted octanol–water partition coefficient (Wildman–Crippen LogP) is 3.19. The van der Waals surface area contributed by atoms with Crippen LogP contribution >= 0.6 is 11.8 Å². The Bertz CT molecular complexity index is 371. The molecule has 0 saturated carbocycles. The molecule has 4 heteroatoms. The lowest BCUT2D eigenvalue weighted by atomic mass is 10.2. The van der Waals surface area contributed by atoms with E-state index >= 15 is 0 Å². The highest BCUT2D eigenvalue weighted by molar-refractivity contribution is 8.00. The lowest BCUT2D eigenvalue weighted by Crippen LogP contribution is -2.22. The highest BCUT2D eigenvalue weighted by atomic mass is 32.2. The monoisotopic (exact) mass is 271 g/mol. The molecule has 0 bridgehead atoms. The van der Waals surface area contributed by atoms with E-state index in [2.05, 4.69) is 19.2 Å². The Hall–Kier alpha value is -0.580. The molecule has 0 saturated heterocycles. The van der Waals surface area contributed by atoms with Crippen molar-refractivity contribution in [2.75, 3.05) is 6.61 Å². The van der Waals surface area contributed by atoms with Crippen molar-refractivity contribution in [2.45, 2.75) is 49.9 Å². The average molecular weight is 271 g/mol. The Balaban J connectivity index is 2.79. The molecule has 102 valence electrons. The number of hydrogen-bond donors (Lipinski definition) is 2. The molecule has 18 heavy (non-hydrogen) atoms. The number of thioether (sulfide) groups is 1. The SMILES string of the molecule is CC(C)NCc1cccc(F)c1SC(C)CCO. The van der Waals surface area contributed by atoms with Gasteiger partial charge in [-0.25, -0.2) is 4.39 Å². The number of halogens is 1. The predicted molar refractivity (Wildman–Crippen MR) is 75.4 cm³/mol. The van der Waals surface area contributed by atoms with Gasteiger partial charge in [-0.1, -0.05) is 32.9 Å². The summed E-state index contributed by atoms with van der Waals surface area (Å²) in [6.45, 7) is 6.96. The van der Waals surface area contributed by atoms with E-state index in [0.29, 0.717) is 23.9 Å². The molecule has 0 spiro atoms. The summed E-state index contributed by atoms with van der Waals surface area (Å²) in [6.07, 6.45) is 0.677. The molecule has 1 atom stereocenters. The van der Waals surface area contributed by atoms with Gasteiger partial charge in [0.2, 0.25) is 0 Å². The number of hydrogen-bond acceptors (Lipinski definition) is 3. The standard InChI is InChI=1S/C14H22FNOS/c1-10(2)16-9-12-5-4-6-13(15)14(12)18-11(3)7-8-17/h4-6,10-11,16-17H,7-9H2,1-3H3. The molecular weight excluding hydrogens is 249 g/mol. The van der Waals surface area contributed by atoms with E-state index in [1.54, 1.807) is 6.07 Å². The molecule has 1 aromatic rings. The number of aliphatic hydroxyl groups is 1. The van der Waals surface area contributed by atoms with Crippen LogP contribution in [0.25, 0.3) is 0 Å². The minimum absolute atomic E-state index is 0.141. The Morgan fingerprint density at radius 2 is 2.06 bits per heavy atom. The molecule has 0 fully saturated rings. The van der Waals surface area contributed by atoms with Crippen molar-refractivity contribution < 1.29 is 9.50 Å². The molecule has 1 aromatic carbocycles. The van der Waals surface area contributed by atoms with Crippen LogP contribution in [0.2, 0.25) is 0 Å². The fraction of sp³-hybridized carbons (Fsp3) is 0.571. The van der Waals surface area contributed by atoms with Gasteiger partial charge in [0, 0.05) is 29.3 Å². The molecule has 0 aliphatic rings. The fourth-order valence-electron chi connectivity index (χ4n) is 1.58. The minimum Gasteiger partial charge on any atom is -0.396 e. The minimum atomic E-state index is -0.173. The third-order valence-electron chi connectivity index (χ3n) is 2.60. The molecule has 0 aliphatic heterocycles. The van der Waals surface area contributed by atoms with Gasteiger partial charge >= 0.3 is 0 Å². The Labute approximate surface area is 113 Å². The zero-order valence-corrected chi connectivity index (χ0v) is 12.1. The lowest BCUT2D eigenvalue weighted by Gasteiger charge is -2.16. The molecule has 2 N–H and O–H groups in total. The summed E-state index contributed by atoms with van der Waals surface area (Å²) in [6, 6.07) is 5.56. The van der Waals surface area contributed by atoms with E-state index in [9.17, 15) is 4.39 Å². The second-order valence-electron chi connectivity index (χ2n) is 4.70. The zero-order chi connectivity index (χ0) is 13.5. The maximum Gasteiger partial charge on any atom is 0.137 e. The molecule has 0 aliphatic carbocycles. The third kappa shape index (κ3) is 4.96. The largest absolute Gasteiger partial charge is 0.396 e. The van der Waals surface area contributed by atoms with Crippen molar-refractivity contribution in [3.63, 3.8) is 0 Å². The van der Waals surface area contributed by atoms with Crippen LogP contribution in [0.5, 0.6) is 0 Å². The smallest absolute Gasteiger partial charge is 0.137 e. The Kier molecular flexibility index (Phi) is 6.68. The molecule has 1 unspecified atom stereocenters. The van der Waals surface area contributed by atoms with Gasteiger partial charge in [0.15, 0.2) is 0 Å². The first-order valence-electron chi connectivity index (χ1n) is 6.33. The summed E-state index contributed by atoms with van der Waals surface area (Å²) in [5.74, 6) is -0.173. The number of benzene rings is 1. The van der Waals surface area contributed by atoms with Gasteiger partial charge in [-0.05, 0) is 18.1 Å². The van der Waals surface area contributed by atoms with Crippen LogP contribution in [0.1, 0.15) is 32.8 Å². The van der Waals surface area contributed by atoms with E-state index in [0.717, 1.165) is 5.56 Å². The van der Waals surface area contributed by atoms with Crippen molar-refractivity contribution in [2.24, 2.45) is 0 Å². The van der Waals surface area contributed by atoms with E-state index < -0.39 is 0 Å². The summed E-state index contributed by atoms with van der Waals surface area (Å²) < 4.78 is 13.9. The second kappa shape index (κ2) is 7.77. The summed E-state index contributed by atoms with van der Waals surface area (Å²) >= 11 is 1.50. The van der Waals surface area contributed by atoms with Crippen LogP contribution < -0.4 is 5.32 Å². The van der Waals surface area contributed by atoms with Crippen LogP contribution in [0.4, 0.5) is 4.39 Å². The van der Waals surface area contributed by atoms with Crippen molar-refractivity contribution in [1.29, 1.82) is 0 Å². The van der Waals surface area contributed by atoms with Gasteiger partial charge in [0.25, 0.3) is 0 Å². The van der Waals surface area contributed by atoms with Crippen LogP contribution in [-0.2, 0) is 6.54 Å². The fourth-order valence-corrected chi connectivity index (χ4v) is 2.68. The van der Waals surface area contributed by atoms with Crippen LogP contribution in [-0.4, -0.2) is 23.0 Å². The van der Waals surface area contributed by atoms with Gasteiger partial charge in [-0.15, -0.1) is 11.8 Å². The van der Waals surface area contributed by atoms with Crippen LogP contribution in [0, 0.1) is 5.82 Å². The number of aliphatic hydroxyl groups excluding tert-OH is 1. The van der Waals surface area contributed by atoms with Crippen molar-refractivity contribution in [3.05, 3.63) is 29.6 Å². The Morgan fingerprint density at radius 1 is 1.33 bits per heavy atom. The number of nitrogens with one attached hydrogen (secondary N) is 1. The normalized spacial score (nSPS) is 13.0. The summed E-state index contributed by atoms with van der Waals surface area (Å²) in [7, 11) is 0. The maximum atomic E-state index is 13.9. The first kappa shape index (κ1) is 15.5. The van der Waals surface area contributed by atoms with E-state index in [4.69, 9.17) is 5.11 Å². The van der Waals surface area contributed by atoms with Crippen molar-refractivity contribution >= 4 is 11.8 Å². The summed E-state index contributed by atoms with van der Waals surface area (Å²) in [5, 5.41) is 12.4. The first-order valence-corrected chi connectivity index (χ1v) is 7.20. The number of rotatable bonds is 7. The van der Waals surface area contributed by atoms with E-state index in [-0.39, 0.29) is 17.7 Å². The zero-order valence-electron chi connectivity index (χ0n) is 11.2. The molecule has 0 aromatic heterocycles. The highest BCUT2D eigenvalue weighted by Crippen LogP contribution is 2.30. The van der Waals surface area contributed by atoms with Gasteiger partial charge in [-0.3, -0.25) is 0 Å². The average Bonchev–Trinajstić information content (AvgIpc) is 2.30. The second-order valence-corrected chi connectivity index (χ2v) is 6.15. The summed E-state index contributed by atoms with van der Waals surface area (Å²) in [4.78, 5) is 0.701. The van der Waals surface area contributed by atoms with E-state index in [1.807, 2.05) is 13.0 Å². The van der Waals surface area contributed by atoms with Crippen molar-refractivity contribution in [3.8, 4) is 0 Å². The third-order valence-corrected chi connectivity index (χ3v) is 3.93. The molecule has 0 heterocycles. The lowest BCUT2D eigenvalue weighted by molar-refractivity contribution is 0.289. The molecule has 2 nitrogen and oxygen atoms in total. The topological polar surface area (TPSA) is 32.3 Å². The van der Waals surface area contributed by atoms with Gasteiger partial charge in [0.05, 0.1) is 0 Å². The Morgan fingerprint density at radius 3 is 2.67 bits per heavy atom. The van der Waals surface area contributed by atoms with Crippen LogP contribution in [0.15, 0.2) is 23.1 Å². The van der Waals surface area contributed by atoms with E-state index in [1.165, 1.54) is 17.8 Å². The molecular formula is C14H22FNOS. The van der Waals surface area contributed by atoms with Crippen molar-refractivity contribution in [1.82, 2.24) is 5.32 Å². The maximum absolute atomic E-state index is 13.9. The summed E-state index contributed by atoms with van der Waals surface area (Å²) in [5.41, 5.74) is 0.985. The molecule has 1 rings (SSSR count). The molecule has 0 amide bonds. The molecule has 0 radical (unpaired) electrons.